The minimum atomic E-state index is 0.489. The molecule has 0 unspecified atom stereocenters. The molecule has 0 aliphatic carbocycles. The number of hydrogen-bond acceptors (Lipinski definition) is 3. The summed E-state index contributed by atoms with van der Waals surface area (Å²) in [4.78, 5) is 4.26. The first kappa shape index (κ1) is 13.6. The molecule has 4 heteroatoms. The summed E-state index contributed by atoms with van der Waals surface area (Å²) in [5, 5.41) is 3.51. The maximum absolute atomic E-state index is 5.67. The highest BCUT2D eigenvalue weighted by Gasteiger charge is 2.19. The Labute approximate surface area is 110 Å². The molecule has 1 aromatic heterocycles. The molecule has 0 radical (unpaired) electrons. The van der Waals surface area contributed by atoms with E-state index in [0.29, 0.717) is 6.04 Å². The van der Waals surface area contributed by atoms with Gasteiger partial charge in [-0.05, 0) is 31.7 Å². The van der Waals surface area contributed by atoms with Gasteiger partial charge in [0.2, 0.25) is 0 Å². The molecule has 0 spiro atoms. The van der Waals surface area contributed by atoms with Crippen LogP contribution in [0.4, 0.5) is 0 Å². The number of nitrogens with one attached hydrogen (secondary N) is 1. The van der Waals surface area contributed by atoms with Crippen molar-refractivity contribution < 1.29 is 4.74 Å². The van der Waals surface area contributed by atoms with Crippen molar-refractivity contribution in [3.63, 3.8) is 0 Å². The normalized spacial score (nSPS) is 19.8. The number of hydrogen-bond donors (Lipinski definition) is 1. The smallest absolute Gasteiger partial charge is 0.0949 e. The molecule has 102 valence electrons. The molecule has 0 bridgehead atoms. The van der Waals surface area contributed by atoms with E-state index in [1.807, 2.05) is 12.5 Å². The third-order valence-corrected chi connectivity index (χ3v) is 3.48. The van der Waals surface area contributed by atoms with Crippen molar-refractivity contribution in [3.8, 4) is 0 Å². The summed E-state index contributed by atoms with van der Waals surface area (Å²) in [6.07, 6.45) is 7.53. The first-order chi connectivity index (χ1) is 8.77. The highest BCUT2D eigenvalue weighted by atomic mass is 16.5. The van der Waals surface area contributed by atoms with Gasteiger partial charge in [0, 0.05) is 25.4 Å². The summed E-state index contributed by atoms with van der Waals surface area (Å²) in [6.45, 7) is 8.13. The first-order valence-electron chi connectivity index (χ1n) is 7.08. The van der Waals surface area contributed by atoms with E-state index in [2.05, 4.69) is 28.7 Å². The van der Waals surface area contributed by atoms with Crippen molar-refractivity contribution in [2.24, 2.45) is 5.92 Å². The zero-order valence-corrected chi connectivity index (χ0v) is 11.6. The summed E-state index contributed by atoms with van der Waals surface area (Å²) < 4.78 is 7.89. The van der Waals surface area contributed by atoms with E-state index in [9.17, 15) is 0 Å². The van der Waals surface area contributed by atoms with Crippen molar-refractivity contribution in [1.82, 2.24) is 14.9 Å². The predicted octanol–water partition coefficient (Wildman–Crippen LogP) is 2.37. The van der Waals surface area contributed by atoms with Crippen molar-refractivity contribution in [2.45, 2.75) is 45.7 Å². The molecule has 4 nitrogen and oxygen atoms in total. The summed E-state index contributed by atoms with van der Waals surface area (Å²) in [5.41, 5.74) is 1.31. The second kappa shape index (κ2) is 6.90. The lowest BCUT2D eigenvalue weighted by atomic mass is 10.1. The average Bonchev–Trinajstić information content (AvgIpc) is 2.97. The molecule has 1 N–H and O–H groups in total. The number of imidazole rings is 1. The van der Waals surface area contributed by atoms with E-state index in [4.69, 9.17) is 4.74 Å². The van der Waals surface area contributed by atoms with Gasteiger partial charge in [0.1, 0.15) is 0 Å². The number of nitrogens with zero attached hydrogens (tertiary/aromatic N) is 2. The summed E-state index contributed by atoms with van der Waals surface area (Å²) in [7, 11) is 0. The molecule has 0 saturated carbocycles. The molecule has 1 fully saturated rings. The molecule has 1 atom stereocenters. The van der Waals surface area contributed by atoms with E-state index in [1.165, 1.54) is 18.5 Å². The van der Waals surface area contributed by atoms with Gasteiger partial charge in [0.15, 0.2) is 0 Å². The molecule has 0 aromatic carbocycles. The fourth-order valence-electron chi connectivity index (χ4n) is 2.33. The summed E-state index contributed by atoms with van der Waals surface area (Å²) in [6, 6.07) is 0.489. The quantitative estimate of drug-likeness (QED) is 0.756. The third-order valence-electron chi connectivity index (χ3n) is 3.48. The Morgan fingerprint density at radius 1 is 1.50 bits per heavy atom. The Bertz CT molecular complexity index is 343. The van der Waals surface area contributed by atoms with Crippen LogP contribution < -0.4 is 5.32 Å². The van der Waals surface area contributed by atoms with Gasteiger partial charge in [-0.25, -0.2) is 4.98 Å². The standard InChI is InChI=1S/C14H25N3O/c1-12(2)5-8-18-9-7-17-11-15-10-14(17)13-4-3-6-16-13/h10-13,16H,3-9H2,1-2H3/t13-/m0/s1. The van der Waals surface area contributed by atoms with Crippen LogP contribution in [-0.2, 0) is 11.3 Å². The molecule has 1 saturated heterocycles. The second-order valence-corrected chi connectivity index (χ2v) is 5.46. The molecule has 1 aromatic rings. The zero-order valence-electron chi connectivity index (χ0n) is 11.6. The van der Waals surface area contributed by atoms with Gasteiger partial charge < -0.3 is 14.6 Å². The van der Waals surface area contributed by atoms with Crippen LogP contribution in [0, 0.1) is 5.92 Å². The van der Waals surface area contributed by atoms with Crippen molar-refractivity contribution >= 4 is 0 Å². The predicted molar refractivity (Wildman–Crippen MR) is 72.5 cm³/mol. The second-order valence-electron chi connectivity index (χ2n) is 5.46. The lowest BCUT2D eigenvalue weighted by Gasteiger charge is -2.14. The molecule has 18 heavy (non-hydrogen) atoms. The van der Waals surface area contributed by atoms with Gasteiger partial charge in [-0.3, -0.25) is 0 Å². The van der Waals surface area contributed by atoms with Crippen molar-refractivity contribution in [3.05, 3.63) is 18.2 Å². The SMILES string of the molecule is CC(C)CCOCCn1cncc1[C@@H]1CCCN1. The average molecular weight is 251 g/mol. The molecule has 2 rings (SSSR count). The Kier molecular flexibility index (Phi) is 5.20. The van der Waals surface area contributed by atoms with E-state index in [1.54, 1.807) is 0 Å². The molecule has 1 aliphatic rings. The van der Waals surface area contributed by atoms with Crippen LogP contribution in [0.5, 0.6) is 0 Å². The molecule has 2 heterocycles. The van der Waals surface area contributed by atoms with E-state index in [0.717, 1.165) is 38.6 Å². The van der Waals surface area contributed by atoms with Crippen LogP contribution in [-0.4, -0.2) is 29.3 Å². The molecule has 0 amide bonds. The van der Waals surface area contributed by atoms with Gasteiger partial charge >= 0.3 is 0 Å². The van der Waals surface area contributed by atoms with E-state index in [-0.39, 0.29) is 0 Å². The highest BCUT2D eigenvalue weighted by molar-refractivity contribution is 5.07. The summed E-state index contributed by atoms with van der Waals surface area (Å²) >= 11 is 0. The van der Waals surface area contributed by atoms with Gasteiger partial charge in [-0.2, -0.15) is 0 Å². The van der Waals surface area contributed by atoms with Gasteiger partial charge in [-0.1, -0.05) is 13.8 Å². The highest BCUT2D eigenvalue weighted by Crippen LogP contribution is 2.22. The number of rotatable bonds is 7. The topological polar surface area (TPSA) is 39.1 Å². The zero-order chi connectivity index (χ0) is 12.8. The maximum Gasteiger partial charge on any atom is 0.0949 e. The molecular formula is C14H25N3O. The van der Waals surface area contributed by atoms with E-state index < -0.39 is 0 Å². The van der Waals surface area contributed by atoms with Crippen LogP contribution in [0.2, 0.25) is 0 Å². The monoisotopic (exact) mass is 251 g/mol. The van der Waals surface area contributed by atoms with Gasteiger partial charge in [0.25, 0.3) is 0 Å². The van der Waals surface area contributed by atoms with Crippen LogP contribution in [0.1, 0.15) is 44.8 Å². The largest absolute Gasteiger partial charge is 0.380 e. The fraction of sp³-hybridized carbons (Fsp3) is 0.786. The lowest BCUT2D eigenvalue weighted by molar-refractivity contribution is 0.115. The van der Waals surface area contributed by atoms with Crippen LogP contribution in [0.25, 0.3) is 0 Å². The Morgan fingerprint density at radius 3 is 3.11 bits per heavy atom. The number of ether oxygens (including phenoxy) is 1. The summed E-state index contributed by atoms with van der Waals surface area (Å²) in [5.74, 6) is 0.719. The minimum Gasteiger partial charge on any atom is -0.380 e. The Balaban J connectivity index is 1.74. The lowest BCUT2D eigenvalue weighted by Crippen LogP contribution is -2.18. The van der Waals surface area contributed by atoms with Gasteiger partial charge in [0.05, 0.1) is 18.6 Å². The van der Waals surface area contributed by atoms with Crippen molar-refractivity contribution in [2.75, 3.05) is 19.8 Å². The fourth-order valence-corrected chi connectivity index (χ4v) is 2.33. The molecule has 1 aliphatic heterocycles. The van der Waals surface area contributed by atoms with Crippen molar-refractivity contribution in [1.29, 1.82) is 0 Å². The Morgan fingerprint density at radius 2 is 2.39 bits per heavy atom. The van der Waals surface area contributed by atoms with Crippen LogP contribution in [0.15, 0.2) is 12.5 Å². The maximum atomic E-state index is 5.67. The van der Waals surface area contributed by atoms with E-state index >= 15 is 0 Å². The molecular weight excluding hydrogens is 226 g/mol. The minimum absolute atomic E-state index is 0.489. The number of aromatic nitrogens is 2. The Hall–Kier alpha value is -0.870. The first-order valence-corrected chi connectivity index (χ1v) is 7.08. The van der Waals surface area contributed by atoms with Crippen LogP contribution in [0.3, 0.4) is 0 Å². The third kappa shape index (κ3) is 3.82. The van der Waals surface area contributed by atoms with Gasteiger partial charge in [-0.15, -0.1) is 0 Å². The van der Waals surface area contributed by atoms with Crippen LogP contribution >= 0.6 is 0 Å².